The van der Waals surface area contributed by atoms with Crippen molar-refractivity contribution in [2.24, 2.45) is 17.4 Å². The van der Waals surface area contributed by atoms with Crippen molar-refractivity contribution in [2.75, 3.05) is 6.54 Å². The lowest BCUT2D eigenvalue weighted by molar-refractivity contribution is 0.481. The van der Waals surface area contributed by atoms with Gasteiger partial charge in [0.15, 0.2) is 11.5 Å². The highest BCUT2D eigenvalue weighted by Gasteiger charge is 2.14. The van der Waals surface area contributed by atoms with E-state index < -0.39 is 0 Å². The van der Waals surface area contributed by atoms with Crippen LogP contribution in [0.15, 0.2) is 22.6 Å². The van der Waals surface area contributed by atoms with Gasteiger partial charge < -0.3 is 15.9 Å². The standard InChI is InChI=1S/C12H17N3O/c1-7(6-13)12(14)9-3-4-11-10(5-9)15-8(2)16-11/h3-5,7,12H,6,13-14H2,1-2H3. The van der Waals surface area contributed by atoms with E-state index in [4.69, 9.17) is 15.9 Å². The second-order valence-electron chi connectivity index (χ2n) is 4.20. The van der Waals surface area contributed by atoms with Crippen LogP contribution in [-0.2, 0) is 0 Å². The van der Waals surface area contributed by atoms with Gasteiger partial charge in [-0.1, -0.05) is 13.0 Å². The largest absolute Gasteiger partial charge is 0.441 e. The van der Waals surface area contributed by atoms with Crippen LogP contribution in [0.25, 0.3) is 11.1 Å². The Morgan fingerprint density at radius 1 is 1.44 bits per heavy atom. The first-order chi connectivity index (χ1) is 7.61. The van der Waals surface area contributed by atoms with E-state index in [2.05, 4.69) is 4.98 Å². The fourth-order valence-electron chi connectivity index (χ4n) is 1.74. The van der Waals surface area contributed by atoms with Crippen LogP contribution in [-0.4, -0.2) is 11.5 Å². The molecule has 0 aliphatic rings. The SMILES string of the molecule is Cc1nc2cc(C(N)C(C)CN)ccc2o1. The Morgan fingerprint density at radius 3 is 2.88 bits per heavy atom. The number of oxazole rings is 1. The smallest absolute Gasteiger partial charge is 0.192 e. The first-order valence-electron chi connectivity index (χ1n) is 5.44. The highest BCUT2D eigenvalue weighted by Crippen LogP contribution is 2.23. The molecule has 0 amide bonds. The lowest BCUT2D eigenvalue weighted by Gasteiger charge is -2.18. The molecule has 0 radical (unpaired) electrons. The predicted octanol–water partition coefficient (Wildman–Crippen LogP) is 1.73. The van der Waals surface area contributed by atoms with E-state index in [1.165, 1.54) is 0 Å². The van der Waals surface area contributed by atoms with Crippen molar-refractivity contribution in [1.82, 2.24) is 4.98 Å². The van der Waals surface area contributed by atoms with Gasteiger partial charge in [0, 0.05) is 13.0 Å². The minimum absolute atomic E-state index is 0.0496. The van der Waals surface area contributed by atoms with Crippen LogP contribution in [0.1, 0.15) is 24.4 Å². The zero-order valence-electron chi connectivity index (χ0n) is 9.60. The maximum Gasteiger partial charge on any atom is 0.192 e. The normalized spacial score (nSPS) is 15.2. The summed E-state index contributed by atoms with van der Waals surface area (Å²) in [5.74, 6) is 0.929. The quantitative estimate of drug-likeness (QED) is 0.824. The second kappa shape index (κ2) is 4.23. The molecule has 86 valence electrons. The molecule has 2 aromatic rings. The van der Waals surface area contributed by atoms with Crippen LogP contribution >= 0.6 is 0 Å². The minimum Gasteiger partial charge on any atom is -0.441 e. The number of nitrogens with zero attached hydrogens (tertiary/aromatic N) is 1. The lowest BCUT2D eigenvalue weighted by Crippen LogP contribution is -2.25. The van der Waals surface area contributed by atoms with Gasteiger partial charge in [-0.3, -0.25) is 0 Å². The molecule has 0 bridgehead atoms. The van der Waals surface area contributed by atoms with Crippen molar-refractivity contribution >= 4 is 11.1 Å². The summed E-state index contributed by atoms with van der Waals surface area (Å²) in [4.78, 5) is 4.29. The molecule has 2 atom stereocenters. The zero-order valence-corrected chi connectivity index (χ0v) is 9.60. The number of benzene rings is 1. The van der Waals surface area contributed by atoms with Gasteiger partial charge in [-0.05, 0) is 30.2 Å². The highest BCUT2D eigenvalue weighted by molar-refractivity contribution is 5.73. The molecule has 0 fully saturated rings. The summed E-state index contributed by atoms with van der Waals surface area (Å²) >= 11 is 0. The Kier molecular flexibility index (Phi) is 2.94. The topological polar surface area (TPSA) is 78.1 Å². The third kappa shape index (κ3) is 1.94. The molecule has 0 saturated heterocycles. The maximum absolute atomic E-state index is 6.11. The number of rotatable bonds is 3. The summed E-state index contributed by atoms with van der Waals surface area (Å²) in [6.07, 6.45) is 0. The van der Waals surface area contributed by atoms with Gasteiger partial charge in [-0.2, -0.15) is 0 Å². The Labute approximate surface area is 94.6 Å². The van der Waals surface area contributed by atoms with E-state index in [0.717, 1.165) is 16.7 Å². The fraction of sp³-hybridized carbons (Fsp3) is 0.417. The Balaban J connectivity index is 2.38. The van der Waals surface area contributed by atoms with E-state index in [9.17, 15) is 0 Å². The molecular formula is C12H17N3O. The number of nitrogens with two attached hydrogens (primary N) is 2. The zero-order chi connectivity index (χ0) is 11.7. The van der Waals surface area contributed by atoms with E-state index in [-0.39, 0.29) is 12.0 Å². The highest BCUT2D eigenvalue weighted by atomic mass is 16.3. The monoisotopic (exact) mass is 219 g/mol. The van der Waals surface area contributed by atoms with Crippen LogP contribution in [0.4, 0.5) is 0 Å². The van der Waals surface area contributed by atoms with Gasteiger partial charge in [0.25, 0.3) is 0 Å². The molecule has 0 saturated carbocycles. The first-order valence-corrected chi connectivity index (χ1v) is 5.44. The van der Waals surface area contributed by atoms with Crippen molar-refractivity contribution in [2.45, 2.75) is 19.9 Å². The average Bonchev–Trinajstić information content (AvgIpc) is 2.65. The minimum atomic E-state index is -0.0496. The number of aromatic nitrogens is 1. The summed E-state index contributed by atoms with van der Waals surface area (Å²) in [5.41, 5.74) is 14.4. The molecule has 4 N–H and O–H groups in total. The third-order valence-corrected chi connectivity index (χ3v) is 2.89. The molecule has 1 aromatic heterocycles. The Hall–Kier alpha value is -1.39. The Bertz CT molecular complexity index is 492. The molecule has 2 unspecified atom stereocenters. The van der Waals surface area contributed by atoms with Gasteiger partial charge in [0.1, 0.15) is 5.52 Å². The maximum atomic E-state index is 6.11. The average molecular weight is 219 g/mol. The molecule has 1 aromatic carbocycles. The number of hydrogen-bond donors (Lipinski definition) is 2. The molecule has 4 nitrogen and oxygen atoms in total. The molecule has 4 heteroatoms. The van der Waals surface area contributed by atoms with Gasteiger partial charge in [-0.15, -0.1) is 0 Å². The van der Waals surface area contributed by atoms with Gasteiger partial charge in [0.05, 0.1) is 0 Å². The third-order valence-electron chi connectivity index (χ3n) is 2.89. The number of aryl methyl sites for hydroxylation is 1. The first kappa shape index (κ1) is 11.1. The summed E-state index contributed by atoms with van der Waals surface area (Å²) in [5, 5.41) is 0. The van der Waals surface area contributed by atoms with Crippen molar-refractivity contribution in [1.29, 1.82) is 0 Å². The summed E-state index contributed by atoms with van der Waals surface area (Å²) in [6.45, 7) is 4.46. The van der Waals surface area contributed by atoms with Crippen molar-refractivity contribution in [3.63, 3.8) is 0 Å². The fourth-order valence-corrected chi connectivity index (χ4v) is 1.74. The lowest BCUT2D eigenvalue weighted by atomic mass is 9.95. The Morgan fingerprint density at radius 2 is 2.19 bits per heavy atom. The van der Waals surface area contributed by atoms with Crippen molar-refractivity contribution in [3.05, 3.63) is 29.7 Å². The van der Waals surface area contributed by atoms with Crippen molar-refractivity contribution < 1.29 is 4.42 Å². The number of fused-ring (bicyclic) bond motifs is 1. The van der Waals surface area contributed by atoms with Gasteiger partial charge >= 0.3 is 0 Å². The molecule has 2 rings (SSSR count). The molecule has 0 aliphatic carbocycles. The second-order valence-corrected chi connectivity index (χ2v) is 4.20. The van der Waals surface area contributed by atoms with Crippen LogP contribution in [0.5, 0.6) is 0 Å². The summed E-state index contributed by atoms with van der Waals surface area (Å²) < 4.78 is 5.41. The molecule has 1 heterocycles. The van der Waals surface area contributed by atoms with Crippen LogP contribution in [0.2, 0.25) is 0 Å². The summed E-state index contributed by atoms with van der Waals surface area (Å²) in [6, 6.07) is 5.81. The molecule has 0 aliphatic heterocycles. The van der Waals surface area contributed by atoms with Crippen LogP contribution in [0, 0.1) is 12.8 Å². The van der Waals surface area contributed by atoms with E-state index in [1.54, 1.807) is 0 Å². The van der Waals surface area contributed by atoms with E-state index >= 15 is 0 Å². The number of hydrogen-bond acceptors (Lipinski definition) is 4. The van der Waals surface area contributed by atoms with Gasteiger partial charge in [-0.25, -0.2) is 4.98 Å². The molecular weight excluding hydrogens is 202 g/mol. The van der Waals surface area contributed by atoms with E-state index in [1.807, 2.05) is 32.0 Å². The predicted molar refractivity (Wildman–Crippen MR) is 63.9 cm³/mol. The summed E-state index contributed by atoms with van der Waals surface area (Å²) in [7, 11) is 0. The van der Waals surface area contributed by atoms with Crippen LogP contribution in [0.3, 0.4) is 0 Å². The van der Waals surface area contributed by atoms with Gasteiger partial charge in [0.2, 0.25) is 0 Å². The van der Waals surface area contributed by atoms with Crippen molar-refractivity contribution in [3.8, 4) is 0 Å². The van der Waals surface area contributed by atoms with Crippen LogP contribution < -0.4 is 11.5 Å². The molecule has 0 spiro atoms. The molecule has 16 heavy (non-hydrogen) atoms. The van der Waals surface area contributed by atoms with E-state index in [0.29, 0.717) is 12.4 Å².